The maximum atomic E-state index is 14.4. The average Bonchev–Trinajstić information content (AvgIpc) is 3.21. The van der Waals surface area contributed by atoms with Gasteiger partial charge >= 0.3 is 0 Å². The molecule has 0 bridgehead atoms. The summed E-state index contributed by atoms with van der Waals surface area (Å²) in [7, 11) is 0. The van der Waals surface area contributed by atoms with Crippen LogP contribution in [0.5, 0.6) is 0 Å². The number of amides is 3. The maximum Gasteiger partial charge on any atom is 0.272 e. The standard InChI is InChI=1S/C19H19FN4O3/c1-10-4-2-6-12(20)17(10)24-14-7-3-5-11(14)16(23-24)19(27)21-13-8-9-15(25)22-18(13)26/h2,4,6,13H,3,5,7-9H2,1H3,(H,21,27)(H,22,25,26). The van der Waals surface area contributed by atoms with Crippen molar-refractivity contribution in [3.8, 4) is 5.69 Å². The molecule has 1 saturated heterocycles. The first-order valence-corrected chi connectivity index (χ1v) is 8.96. The third-order valence-electron chi connectivity index (χ3n) is 5.09. The smallest absolute Gasteiger partial charge is 0.272 e. The van der Waals surface area contributed by atoms with E-state index < -0.39 is 23.7 Å². The molecule has 8 heteroatoms. The van der Waals surface area contributed by atoms with Gasteiger partial charge in [-0.05, 0) is 44.2 Å². The average molecular weight is 370 g/mol. The first-order valence-electron chi connectivity index (χ1n) is 8.96. The summed E-state index contributed by atoms with van der Waals surface area (Å²) in [6.45, 7) is 1.80. The lowest BCUT2D eigenvalue weighted by atomic mass is 10.1. The van der Waals surface area contributed by atoms with Gasteiger partial charge in [0.1, 0.15) is 17.5 Å². The number of aromatic nitrogens is 2. The van der Waals surface area contributed by atoms with Gasteiger partial charge in [-0.1, -0.05) is 12.1 Å². The van der Waals surface area contributed by atoms with Crippen molar-refractivity contribution in [3.05, 3.63) is 46.5 Å². The van der Waals surface area contributed by atoms with Crippen LogP contribution in [0.4, 0.5) is 4.39 Å². The van der Waals surface area contributed by atoms with Crippen LogP contribution in [0.1, 0.15) is 46.6 Å². The molecule has 2 aliphatic rings. The van der Waals surface area contributed by atoms with Crippen molar-refractivity contribution in [1.82, 2.24) is 20.4 Å². The molecule has 2 aromatic rings. The van der Waals surface area contributed by atoms with E-state index in [1.54, 1.807) is 19.1 Å². The highest BCUT2D eigenvalue weighted by molar-refractivity contribution is 6.03. The molecule has 4 rings (SSSR count). The van der Waals surface area contributed by atoms with Crippen LogP contribution in [0.15, 0.2) is 18.2 Å². The summed E-state index contributed by atoms with van der Waals surface area (Å²) in [4.78, 5) is 35.9. The van der Waals surface area contributed by atoms with Crippen LogP contribution >= 0.6 is 0 Å². The summed E-state index contributed by atoms with van der Waals surface area (Å²) in [5, 5.41) is 9.27. The summed E-state index contributed by atoms with van der Waals surface area (Å²) in [5.41, 5.74) is 2.91. The fourth-order valence-corrected chi connectivity index (χ4v) is 3.75. The van der Waals surface area contributed by atoms with E-state index in [1.807, 2.05) is 0 Å². The molecular weight excluding hydrogens is 351 g/mol. The second-order valence-electron chi connectivity index (χ2n) is 6.92. The second kappa shape index (κ2) is 6.61. The Bertz CT molecular complexity index is 946. The number of benzene rings is 1. The number of carbonyl (C=O) groups excluding carboxylic acids is 3. The Balaban J connectivity index is 1.68. The second-order valence-corrected chi connectivity index (χ2v) is 6.92. The van der Waals surface area contributed by atoms with Crippen LogP contribution in [0.2, 0.25) is 0 Å². The van der Waals surface area contributed by atoms with E-state index in [0.717, 1.165) is 23.2 Å². The molecule has 1 aromatic heterocycles. The zero-order chi connectivity index (χ0) is 19.1. The summed E-state index contributed by atoms with van der Waals surface area (Å²) in [6, 6.07) is 4.03. The van der Waals surface area contributed by atoms with Gasteiger partial charge in [-0.2, -0.15) is 5.10 Å². The number of imide groups is 1. The number of fused-ring (bicyclic) bond motifs is 1. The van der Waals surface area contributed by atoms with Crippen molar-refractivity contribution < 1.29 is 18.8 Å². The lowest BCUT2D eigenvalue weighted by Gasteiger charge is -2.21. The predicted octanol–water partition coefficient (Wildman–Crippen LogP) is 1.34. The minimum absolute atomic E-state index is 0.178. The SMILES string of the molecule is Cc1cccc(F)c1-n1nc(C(=O)NC2CCC(=O)NC2=O)c2c1CCC2. The number of para-hydroxylation sites is 1. The van der Waals surface area contributed by atoms with Gasteiger partial charge in [0.2, 0.25) is 11.8 Å². The van der Waals surface area contributed by atoms with Gasteiger partial charge in [0.15, 0.2) is 5.69 Å². The van der Waals surface area contributed by atoms with Crippen molar-refractivity contribution in [3.63, 3.8) is 0 Å². The van der Waals surface area contributed by atoms with E-state index in [1.165, 1.54) is 10.7 Å². The number of piperidine rings is 1. The van der Waals surface area contributed by atoms with Crippen LogP contribution < -0.4 is 10.6 Å². The molecule has 1 atom stereocenters. The monoisotopic (exact) mass is 370 g/mol. The van der Waals surface area contributed by atoms with Crippen LogP contribution in [-0.2, 0) is 22.4 Å². The number of rotatable bonds is 3. The Morgan fingerprint density at radius 3 is 2.85 bits per heavy atom. The predicted molar refractivity (Wildman–Crippen MR) is 93.9 cm³/mol. The molecule has 0 radical (unpaired) electrons. The van der Waals surface area contributed by atoms with Gasteiger partial charge < -0.3 is 5.32 Å². The molecule has 1 aliphatic carbocycles. The van der Waals surface area contributed by atoms with Crippen LogP contribution in [0.25, 0.3) is 5.69 Å². The van der Waals surface area contributed by atoms with Crippen LogP contribution in [0, 0.1) is 12.7 Å². The van der Waals surface area contributed by atoms with E-state index in [4.69, 9.17) is 0 Å². The van der Waals surface area contributed by atoms with Gasteiger partial charge in [-0.15, -0.1) is 0 Å². The Kier molecular flexibility index (Phi) is 4.25. The number of nitrogens with one attached hydrogen (secondary N) is 2. The van der Waals surface area contributed by atoms with Crippen molar-refractivity contribution in [2.24, 2.45) is 0 Å². The minimum Gasteiger partial charge on any atom is -0.339 e. The molecule has 1 aromatic carbocycles. The number of nitrogens with zero attached hydrogens (tertiary/aromatic N) is 2. The molecule has 2 heterocycles. The van der Waals surface area contributed by atoms with Crippen molar-refractivity contribution in [2.75, 3.05) is 0 Å². The number of carbonyl (C=O) groups is 3. The summed E-state index contributed by atoms with van der Waals surface area (Å²) in [6.07, 6.45) is 2.69. The lowest BCUT2D eigenvalue weighted by molar-refractivity contribution is -0.134. The van der Waals surface area contributed by atoms with Gasteiger partial charge in [0.25, 0.3) is 5.91 Å². The third-order valence-corrected chi connectivity index (χ3v) is 5.09. The molecule has 2 N–H and O–H groups in total. The fourth-order valence-electron chi connectivity index (χ4n) is 3.75. The summed E-state index contributed by atoms with van der Waals surface area (Å²) < 4.78 is 15.9. The molecule has 1 unspecified atom stereocenters. The topological polar surface area (TPSA) is 93.1 Å². The molecule has 140 valence electrons. The largest absolute Gasteiger partial charge is 0.339 e. The Morgan fingerprint density at radius 2 is 2.11 bits per heavy atom. The number of hydrogen-bond donors (Lipinski definition) is 2. The highest BCUT2D eigenvalue weighted by Gasteiger charge is 2.32. The molecule has 27 heavy (non-hydrogen) atoms. The Labute approximate surface area is 154 Å². The highest BCUT2D eigenvalue weighted by Crippen LogP contribution is 2.30. The molecule has 7 nitrogen and oxygen atoms in total. The normalized spacial score (nSPS) is 19.0. The Morgan fingerprint density at radius 1 is 1.30 bits per heavy atom. The van der Waals surface area contributed by atoms with E-state index >= 15 is 0 Å². The van der Waals surface area contributed by atoms with Crippen molar-refractivity contribution in [2.45, 2.75) is 45.1 Å². The molecule has 3 amide bonds. The quantitative estimate of drug-likeness (QED) is 0.798. The molecule has 1 fully saturated rings. The van der Waals surface area contributed by atoms with Gasteiger partial charge in [-0.3, -0.25) is 19.7 Å². The van der Waals surface area contributed by atoms with Crippen LogP contribution in [-0.4, -0.2) is 33.5 Å². The maximum absolute atomic E-state index is 14.4. The third kappa shape index (κ3) is 3.01. The van der Waals surface area contributed by atoms with Gasteiger partial charge in [0, 0.05) is 17.7 Å². The van der Waals surface area contributed by atoms with E-state index in [9.17, 15) is 18.8 Å². The first kappa shape index (κ1) is 17.4. The van der Waals surface area contributed by atoms with E-state index in [2.05, 4.69) is 15.7 Å². The van der Waals surface area contributed by atoms with E-state index in [0.29, 0.717) is 18.5 Å². The molecule has 0 spiro atoms. The fraction of sp³-hybridized carbons (Fsp3) is 0.368. The lowest BCUT2D eigenvalue weighted by Crippen LogP contribution is -2.52. The number of hydrogen-bond acceptors (Lipinski definition) is 4. The van der Waals surface area contributed by atoms with Gasteiger partial charge in [0.05, 0.1) is 0 Å². The molecule has 1 aliphatic heterocycles. The summed E-state index contributed by atoms with van der Waals surface area (Å²) in [5.74, 6) is -1.73. The van der Waals surface area contributed by atoms with Gasteiger partial charge in [-0.25, -0.2) is 9.07 Å². The Hall–Kier alpha value is -3.03. The number of halogens is 1. The molecule has 0 saturated carbocycles. The minimum atomic E-state index is -0.771. The highest BCUT2D eigenvalue weighted by atomic mass is 19.1. The zero-order valence-electron chi connectivity index (χ0n) is 14.8. The van der Waals surface area contributed by atoms with Crippen LogP contribution in [0.3, 0.4) is 0 Å². The summed E-state index contributed by atoms with van der Waals surface area (Å²) >= 11 is 0. The number of aryl methyl sites for hydroxylation is 1. The van der Waals surface area contributed by atoms with E-state index in [-0.39, 0.29) is 24.4 Å². The first-order chi connectivity index (χ1) is 13.0. The zero-order valence-corrected chi connectivity index (χ0v) is 14.8. The van der Waals surface area contributed by atoms with Crippen molar-refractivity contribution >= 4 is 17.7 Å². The van der Waals surface area contributed by atoms with Crippen molar-refractivity contribution in [1.29, 1.82) is 0 Å². The molecular formula is C19H19FN4O3.